The number of amides is 1. The largest absolute Gasteiger partial charge is 0.395 e. The number of carbonyl (C=O) groups excluding carboxylic acids is 1. The van der Waals surface area contributed by atoms with Crippen molar-refractivity contribution >= 4 is 27.5 Å². The molecule has 1 rings (SSSR count). The molecule has 0 unspecified atom stereocenters. The van der Waals surface area contributed by atoms with Crippen molar-refractivity contribution in [3.05, 3.63) is 28.2 Å². The molecular weight excluding hydrogens is 320 g/mol. The van der Waals surface area contributed by atoms with Gasteiger partial charge in [-0.05, 0) is 43.7 Å². The van der Waals surface area contributed by atoms with Crippen molar-refractivity contribution < 1.29 is 9.90 Å². The molecule has 112 valence electrons. The number of unbranched alkanes of at least 4 members (excludes halogenated alkanes) is 1. The number of nitrogens with zero attached hydrogens (tertiary/aromatic N) is 1. The van der Waals surface area contributed by atoms with Gasteiger partial charge in [0.25, 0.3) is 0 Å². The molecule has 0 radical (unpaired) electrons. The number of aryl methyl sites for hydroxylation is 1. The lowest BCUT2D eigenvalue weighted by Crippen LogP contribution is -2.36. The predicted octanol–water partition coefficient (Wildman–Crippen LogP) is 2.79. The molecule has 0 bridgehead atoms. The summed E-state index contributed by atoms with van der Waals surface area (Å²) in [7, 11) is 0. The van der Waals surface area contributed by atoms with Crippen LogP contribution in [-0.2, 0) is 4.79 Å². The minimum absolute atomic E-state index is 0.0417. The number of halogens is 1. The van der Waals surface area contributed by atoms with E-state index < -0.39 is 0 Å². The molecule has 0 saturated carbocycles. The normalized spacial score (nSPS) is 10.8. The second kappa shape index (κ2) is 9.10. The number of benzene rings is 1. The smallest absolute Gasteiger partial charge is 0.238 e. The van der Waals surface area contributed by atoms with Crippen molar-refractivity contribution in [3.8, 4) is 0 Å². The Balaban J connectivity index is 2.55. The predicted molar refractivity (Wildman–Crippen MR) is 85.9 cm³/mol. The van der Waals surface area contributed by atoms with Crippen LogP contribution < -0.4 is 5.32 Å². The maximum absolute atomic E-state index is 12.1. The molecule has 0 spiro atoms. The molecule has 5 heteroatoms. The van der Waals surface area contributed by atoms with Gasteiger partial charge in [-0.15, -0.1) is 0 Å². The lowest BCUT2D eigenvalue weighted by molar-refractivity contribution is -0.117. The van der Waals surface area contributed by atoms with Gasteiger partial charge in [0, 0.05) is 16.7 Å². The van der Waals surface area contributed by atoms with E-state index in [1.807, 2.05) is 30.0 Å². The third-order valence-electron chi connectivity index (χ3n) is 3.07. The summed E-state index contributed by atoms with van der Waals surface area (Å²) in [5.74, 6) is -0.0417. The van der Waals surface area contributed by atoms with Gasteiger partial charge in [0.1, 0.15) is 0 Å². The molecule has 0 heterocycles. The van der Waals surface area contributed by atoms with E-state index in [2.05, 4.69) is 28.2 Å². The van der Waals surface area contributed by atoms with Crippen LogP contribution in [0.1, 0.15) is 25.3 Å². The summed E-state index contributed by atoms with van der Waals surface area (Å²) >= 11 is 3.40. The maximum Gasteiger partial charge on any atom is 0.238 e. The minimum Gasteiger partial charge on any atom is -0.395 e. The average molecular weight is 343 g/mol. The van der Waals surface area contributed by atoms with Gasteiger partial charge < -0.3 is 10.4 Å². The van der Waals surface area contributed by atoms with E-state index >= 15 is 0 Å². The summed E-state index contributed by atoms with van der Waals surface area (Å²) in [6, 6.07) is 5.77. The molecule has 0 saturated heterocycles. The average Bonchev–Trinajstić information content (AvgIpc) is 2.39. The quantitative estimate of drug-likeness (QED) is 0.763. The van der Waals surface area contributed by atoms with Gasteiger partial charge >= 0.3 is 0 Å². The van der Waals surface area contributed by atoms with Gasteiger partial charge in [-0.3, -0.25) is 9.69 Å². The second-order valence-corrected chi connectivity index (χ2v) is 5.78. The molecule has 4 nitrogen and oxygen atoms in total. The Morgan fingerprint density at radius 2 is 2.15 bits per heavy atom. The highest BCUT2D eigenvalue weighted by Gasteiger charge is 2.11. The van der Waals surface area contributed by atoms with Crippen LogP contribution in [0.2, 0.25) is 0 Å². The van der Waals surface area contributed by atoms with Crippen molar-refractivity contribution in [2.45, 2.75) is 26.7 Å². The van der Waals surface area contributed by atoms with Crippen LogP contribution in [0.4, 0.5) is 5.69 Å². The van der Waals surface area contributed by atoms with Crippen molar-refractivity contribution in [3.63, 3.8) is 0 Å². The fourth-order valence-electron chi connectivity index (χ4n) is 1.95. The summed E-state index contributed by atoms with van der Waals surface area (Å²) in [5, 5.41) is 12.0. The molecule has 0 atom stereocenters. The summed E-state index contributed by atoms with van der Waals surface area (Å²) in [6.07, 6.45) is 2.11. The number of aliphatic hydroxyl groups is 1. The molecule has 1 aromatic carbocycles. The van der Waals surface area contributed by atoms with E-state index in [4.69, 9.17) is 5.11 Å². The molecule has 0 aromatic heterocycles. The third kappa shape index (κ3) is 6.03. The number of carbonyl (C=O) groups is 1. The van der Waals surface area contributed by atoms with Crippen LogP contribution in [0.5, 0.6) is 0 Å². The number of rotatable bonds is 8. The van der Waals surface area contributed by atoms with Crippen molar-refractivity contribution in [1.29, 1.82) is 0 Å². The second-order valence-electron chi connectivity index (χ2n) is 4.86. The SMILES string of the molecule is CCCCN(CCO)CC(=O)Nc1ccc(Br)cc1C. The number of anilines is 1. The van der Waals surface area contributed by atoms with Crippen LogP contribution in [0.3, 0.4) is 0 Å². The number of hydrogen-bond acceptors (Lipinski definition) is 3. The Kier molecular flexibility index (Phi) is 7.80. The fourth-order valence-corrected chi connectivity index (χ4v) is 2.43. The first-order chi connectivity index (χ1) is 9.56. The topological polar surface area (TPSA) is 52.6 Å². The van der Waals surface area contributed by atoms with Crippen LogP contribution in [0.15, 0.2) is 22.7 Å². The lowest BCUT2D eigenvalue weighted by atomic mass is 10.2. The van der Waals surface area contributed by atoms with E-state index in [0.29, 0.717) is 13.1 Å². The lowest BCUT2D eigenvalue weighted by Gasteiger charge is -2.20. The minimum atomic E-state index is -0.0417. The maximum atomic E-state index is 12.1. The number of hydrogen-bond donors (Lipinski definition) is 2. The molecule has 1 amide bonds. The zero-order valence-electron chi connectivity index (χ0n) is 12.2. The Morgan fingerprint density at radius 3 is 2.75 bits per heavy atom. The molecule has 0 aliphatic carbocycles. The summed E-state index contributed by atoms with van der Waals surface area (Å²) in [5.41, 5.74) is 1.85. The monoisotopic (exact) mass is 342 g/mol. The highest BCUT2D eigenvalue weighted by Crippen LogP contribution is 2.19. The van der Waals surface area contributed by atoms with Crippen molar-refractivity contribution in [1.82, 2.24) is 4.90 Å². The standard InChI is InChI=1S/C15H23BrN2O2/c1-3-4-7-18(8-9-19)11-15(20)17-14-6-5-13(16)10-12(14)2/h5-6,10,19H,3-4,7-9,11H2,1-2H3,(H,17,20). The highest BCUT2D eigenvalue weighted by atomic mass is 79.9. The molecular formula is C15H23BrN2O2. The van der Waals surface area contributed by atoms with Gasteiger partial charge in [-0.1, -0.05) is 29.3 Å². The summed E-state index contributed by atoms with van der Waals surface area (Å²) in [4.78, 5) is 14.0. The van der Waals surface area contributed by atoms with Crippen LogP contribution >= 0.6 is 15.9 Å². The van der Waals surface area contributed by atoms with E-state index in [1.54, 1.807) is 0 Å². The van der Waals surface area contributed by atoms with E-state index in [0.717, 1.165) is 35.1 Å². The third-order valence-corrected chi connectivity index (χ3v) is 3.57. The Labute approximate surface area is 129 Å². The Bertz CT molecular complexity index is 438. The number of aliphatic hydroxyl groups excluding tert-OH is 1. The molecule has 1 aromatic rings. The summed E-state index contributed by atoms with van der Waals surface area (Å²) in [6.45, 7) is 5.84. The zero-order valence-corrected chi connectivity index (χ0v) is 13.7. The highest BCUT2D eigenvalue weighted by molar-refractivity contribution is 9.10. The van der Waals surface area contributed by atoms with Crippen LogP contribution in [-0.4, -0.2) is 42.2 Å². The van der Waals surface area contributed by atoms with Gasteiger partial charge in [0.05, 0.1) is 13.2 Å². The van der Waals surface area contributed by atoms with E-state index in [9.17, 15) is 4.79 Å². The molecule has 20 heavy (non-hydrogen) atoms. The molecule has 0 aliphatic rings. The van der Waals surface area contributed by atoms with E-state index in [-0.39, 0.29) is 12.5 Å². The van der Waals surface area contributed by atoms with Gasteiger partial charge in [-0.25, -0.2) is 0 Å². The molecule has 0 fully saturated rings. The number of nitrogens with one attached hydrogen (secondary N) is 1. The van der Waals surface area contributed by atoms with Crippen LogP contribution in [0, 0.1) is 6.92 Å². The first kappa shape index (κ1) is 17.1. The Morgan fingerprint density at radius 1 is 1.40 bits per heavy atom. The van der Waals surface area contributed by atoms with Crippen LogP contribution in [0.25, 0.3) is 0 Å². The molecule has 0 aliphatic heterocycles. The molecule has 2 N–H and O–H groups in total. The van der Waals surface area contributed by atoms with Gasteiger partial charge in [0.2, 0.25) is 5.91 Å². The summed E-state index contributed by atoms with van der Waals surface area (Å²) < 4.78 is 0.998. The first-order valence-corrected chi connectivity index (χ1v) is 7.75. The first-order valence-electron chi connectivity index (χ1n) is 6.96. The van der Waals surface area contributed by atoms with E-state index in [1.165, 1.54) is 0 Å². The Hall–Kier alpha value is -0.910. The van der Waals surface area contributed by atoms with Crippen molar-refractivity contribution in [2.24, 2.45) is 0 Å². The van der Waals surface area contributed by atoms with Crippen molar-refractivity contribution in [2.75, 3.05) is 31.6 Å². The van der Waals surface area contributed by atoms with Gasteiger partial charge in [-0.2, -0.15) is 0 Å². The van der Waals surface area contributed by atoms with Gasteiger partial charge in [0.15, 0.2) is 0 Å². The zero-order chi connectivity index (χ0) is 15.0. The fraction of sp³-hybridized carbons (Fsp3) is 0.533.